The minimum atomic E-state index is -0.983. The van der Waals surface area contributed by atoms with E-state index in [0.29, 0.717) is 12.8 Å². The second kappa shape index (κ2) is 8.02. The van der Waals surface area contributed by atoms with Crippen LogP contribution in [0.4, 0.5) is 0 Å². The van der Waals surface area contributed by atoms with Crippen molar-refractivity contribution in [2.75, 3.05) is 14.2 Å². The number of hydrogen-bond acceptors (Lipinski definition) is 5. The number of rotatable bonds is 7. The third-order valence-electron chi connectivity index (χ3n) is 4.10. The normalized spacial score (nSPS) is 20.0. The summed E-state index contributed by atoms with van der Waals surface area (Å²) in [4.78, 5) is 35.9. The van der Waals surface area contributed by atoms with Crippen LogP contribution in [0.3, 0.4) is 0 Å². The topological polar surface area (TPSA) is 69.7 Å². The second-order valence-corrected chi connectivity index (χ2v) is 5.30. The smallest absolute Gasteiger partial charge is 0.320 e. The van der Waals surface area contributed by atoms with Crippen molar-refractivity contribution in [2.24, 2.45) is 17.8 Å². The van der Waals surface area contributed by atoms with Crippen LogP contribution < -0.4 is 0 Å². The van der Waals surface area contributed by atoms with Gasteiger partial charge in [-0.1, -0.05) is 19.8 Å². The predicted octanol–water partition coefficient (Wildman–Crippen LogP) is 2.12. The molecule has 0 spiro atoms. The van der Waals surface area contributed by atoms with Crippen LogP contribution in [0.1, 0.15) is 45.4 Å². The zero-order valence-electron chi connectivity index (χ0n) is 12.5. The standard InChI is InChI=1S/C15H24O5/c1-4-5-7-11(10-8-6-9-12(10)16)13(14(17)19-2)15(18)20-3/h10-11,13H,4-9H2,1-3H3. The van der Waals surface area contributed by atoms with E-state index in [4.69, 9.17) is 9.47 Å². The molecule has 1 rings (SSSR count). The summed E-state index contributed by atoms with van der Waals surface area (Å²) >= 11 is 0. The first-order valence-corrected chi connectivity index (χ1v) is 7.25. The number of ketones is 1. The van der Waals surface area contributed by atoms with Gasteiger partial charge < -0.3 is 9.47 Å². The van der Waals surface area contributed by atoms with Crippen LogP contribution in [-0.4, -0.2) is 31.9 Å². The number of hydrogen-bond donors (Lipinski definition) is 0. The summed E-state index contributed by atoms with van der Waals surface area (Å²) in [5, 5.41) is 0. The summed E-state index contributed by atoms with van der Waals surface area (Å²) in [6.45, 7) is 2.04. The van der Waals surface area contributed by atoms with Gasteiger partial charge in [0.15, 0.2) is 5.92 Å². The van der Waals surface area contributed by atoms with Crippen molar-refractivity contribution in [2.45, 2.75) is 45.4 Å². The Balaban J connectivity index is 2.99. The van der Waals surface area contributed by atoms with Crippen molar-refractivity contribution in [1.29, 1.82) is 0 Å². The van der Waals surface area contributed by atoms with Crippen molar-refractivity contribution in [3.63, 3.8) is 0 Å². The van der Waals surface area contributed by atoms with Gasteiger partial charge in [-0.05, 0) is 25.2 Å². The average Bonchev–Trinajstić information content (AvgIpc) is 2.88. The molecular formula is C15H24O5. The molecule has 0 radical (unpaired) electrons. The molecule has 5 nitrogen and oxygen atoms in total. The SMILES string of the molecule is CCCCC(C1CCCC1=O)C(C(=O)OC)C(=O)OC. The molecule has 1 fully saturated rings. The van der Waals surface area contributed by atoms with Crippen molar-refractivity contribution in [3.05, 3.63) is 0 Å². The van der Waals surface area contributed by atoms with E-state index in [2.05, 4.69) is 0 Å². The van der Waals surface area contributed by atoms with E-state index in [1.165, 1.54) is 14.2 Å². The Hall–Kier alpha value is -1.39. The molecule has 0 N–H and O–H groups in total. The Labute approximate surface area is 120 Å². The third kappa shape index (κ3) is 3.81. The average molecular weight is 284 g/mol. The minimum Gasteiger partial charge on any atom is -0.468 e. The predicted molar refractivity (Wildman–Crippen MR) is 72.9 cm³/mol. The summed E-state index contributed by atoms with van der Waals surface area (Å²) in [5.41, 5.74) is 0. The van der Waals surface area contributed by atoms with Gasteiger partial charge in [0, 0.05) is 12.3 Å². The highest BCUT2D eigenvalue weighted by molar-refractivity contribution is 5.96. The fourth-order valence-corrected chi connectivity index (χ4v) is 3.04. The number of methoxy groups -OCH3 is 2. The van der Waals surface area contributed by atoms with Crippen LogP contribution in [0, 0.1) is 17.8 Å². The van der Waals surface area contributed by atoms with Crippen molar-refractivity contribution in [3.8, 4) is 0 Å². The molecule has 114 valence electrons. The van der Waals surface area contributed by atoms with Gasteiger partial charge in [0.2, 0.25) is 0 Å². The first-order chi connectivity index (χ1) is 9.56. The molecule has 0 heterocycles. The van der Waals surface area contributed by atoms with E-state index in [1.807, 2.05) is 6.92 Å². The molecular weight excluding hydrogens is 260 g/mol. The van der Waals surface area contributed by atoms with E-state index in [0.717, 1.165) is 25.7 Å². The molecule has 1 aliphatic rings. The van der Waals surface area contributed by atoms with Crippen LogP contribution >= 0.6 is 0 Å². The number of carbonyl (C=O) groups is 3. The highest BCUT2D eigenvalue weighted by Gasteiger charge is 2.44. The molecule has 2 atom stereocenters. The van der Waals surface area contributed by atoms with E-state index in [9.17, 15) is 14.4 Å². The molecule has 0 amide bonds. The number of carbonyl (C=O) groups excluding carboxylic acids is 3. The summed E-state index contributed by atoms with van der Waals surface area (Å²) in [6.07, 6.45) is 4.62. The summed E-state index contributed by atoms with van der Waals surface area (Å²) in [7, 11) is 2.51. The van der Waals surface area contributed by atoms with Crippen LogP contribution in [-0.2, 0) is 23.9 Å². The van der Waals surface area contributed by atoms with Crippen LogP contribution in [0.25, 0.3) is 0 Å². The number of esters is 2. The molecule has 0 aliphatic heterocycles. The van der Waals surface area contributed by atoms with E-state index in [-0.39, 0.29) is 17.6 Å². The summed E-state index contributed by atoms with van der Waals surface area (Å²) < 4.78 is 9.48. The first-order valence-electron chi connectivity index (χ1n) is 7.25. The number of unbranched alkanes of at least 4 members (excludes halogenated alkanes) is 1. The molecule has 1 saturated carbocycles. The van der Waals surface area contributed by atoms with Gasteiger partial charge >= 0.3 is 11.9 Å². The number of Topliss-reactive ketones (excluding diaryl/α,β-unsaturated/α-hetero) is 1. The van der Waals surface area contributed by atoms with Gasteiger partial charge in [-0.3, -0.25) is 14.4 Å². The Bertz CT molecular complexity index is 347. The van der Waals surface area contributed by atoms with Gasteiger partial charge in [-0.25, -0.2) is 0 Å². The van der Waals surface area contributed by atoms with Gasteiger partial charge in [-0.15, -0.1) is 0 Å². The molecule has 0 saturated heterocycles. The van der Waals surface area contributed by atoms with Crippen LogP contribution in [0.15, 0.2) is 0 Å². The minimum absolute atomic E-state index is 0.156. The van der Waals surface area contributed by atoms with E-state index in [1.54, 1.807) is 0 Å². The fourth-order valence-electron chi connectivity index (χ4n) is 3.04. The van der Waals surface area contributed by atoms with Crippen LogP contribution in [0.2, 0.25) is 0 Å². The largest absolute Gasteiger partial charge is 0.468 e. The highest BCUT2D eigenvalue weighted by atomic mass is 16.5. The maximum atomic E-state index is 12.0. The Morgan fingerprint density at radius 2 is 1.85 bits per heavy atom. The molecule has 0 bridgehead atoms. The van der Waals surface area contributed by atoms with Gasteiger partial charge in [0.05, 0.1) is 14.2 Å². The molecule has 0 aromatic heterocycles. The Morgan fingerprint density at radius 3 is 2.25 bits per heavy atom. The second-order valence-electron chi connectivity index (χ2n) is 5.30. The van der Waals surface area contributed by atoms with Gasteiger partial charge in [0.1, 0.15) is 5.78 Å². The van der Waals surface area contributed by atoms with Gasteiger partial charge in [0.25, 0.3) is 0 Å². The lowest BCUT2D eigenvalue weighted by Gasteiger charge is -2.27. The van der Waals surface area contributed by atoms with Crippen molar-refractivity contribution < 1.29 is 23.9 Å². The number of ether oxygens (including phenoxy) is 2. The maximum Gasteiger partial charge on any atom is 0.320 e. The Morgan fingerprint density at radius 1 is 1.25 bits per heavy atom. The monoisotopic (exact) mass is 284 g/mol. The molecule has 0 aromatic carbocycles. The van der Waals surface area contributed by atoms with Crippen molar-refractivity contribution >= 4 is 17.7 Å². The summed E-state index contributed by atoms with van der Waals surface area (Å²) in [5.74, 6) is -2.54. The maximum absolute atomic E-state index is 12.0. The highest BCUT2D eigenvalue weighted by Crippen LogP contribution is 2.37. The van der Waals surface area contributed by atoms with E-state index < -0.39 is 17.9 Å². The molecule has 5 heteroatoms. The third-order valence-corrected chi connectivity index (χ3v) is 4.10. The molecule has 20 heavy (non-hydrogen) atoms. The van der Waals surface area contributed by atoms with E-state index >= 15 is 0 Å². The summed E-state index contributed by atoms with van der Waals surface area (Å²) in [6, 6.07) is 0. The molecule has 1 aliphatic carbocycles. The zero-order chi connectivity index (χ0) is 15.1. The zero-order valence-corrected chi connectivity index (χ0v) is 12.5. The molecule has 0 aromatic rings. The van der Waals surface area contributed by atoms with Crippen molar-refractivity contribution in [1.82, 2.24) is 0 Å². The van der Waals surface area contributed by atoms with Gasteiger partial charge in [-0.2, -0.15) is 0 Å². The lowest BCUT2D eigenvalue weighted by molar-refractivity contribution is -0.163. The Kier molecular flexibility index (Phi) is 6.68. The molecule has 2 unspecified atom stereocenters. The van der Waals surface area contributed by atoms with Crippen LogP contribution in [0.5, 0.6) is 0 Å². The quantitative estimate of drug-likeness (QED) is 0.529. The first kappa shape index (κ1) is 16.7. The fraction of sp³-hybridized carbons (Fsp3) is 0.800. The lowest BCUT2D eigenvalue weighted by atomic mass is 9.77. The lowest BCUT2D eigenvalue weighted by Crippen LogP contribution is -2.38.